The number of nitrogen functional groups attached to an aromatic ring is 1. The van der Waals surface area contributed by atoms with Gasteiger partial charge in [-0.2, -0.15) is 10.5 Å². The minimum Gasteiger partial charge on any atom is -0.493 e. The van der Waals surface area contributed by atoms with Crippen LogP contribution in [0.4, 0.5) is 5.69 Å². The zero-order valence-corrected chi connectivity index (χ0v) is 16.2. The molecule has 1 aliphatic rings. The van der Waals surface area contributed by atoms with Crippen molar-refractivity contribution in [3.63, 3.8) is 0 Å². The van der Waals surface area contributed by atoms with Gasteiger partial charge in [0, 0.05) is 11.1 Å². The van der Waals surface area contributed by atoms with Crippen LogP contribution in [0, 0.1) is 22.7 Å². The highest BCUT2D eigenvalue weighted by atomic mass is 16.5. The van der Waals surface area contributed by atoms with E-state index in [-0.39, 0.29) is 5.69 Å². The van der Waals surface area contributed by atoms with Gasteiger partial charge in [-0.05, 0) is 47.2 Å². The third-order valence-electron chi connectivity index (χ3n) is 5.47. The Bertz CT molecular complexity index is 1220. The van der Waals surface area contributed by atoms with E-state index in [0.717, 1.165) is 40.7 Å². The number of rotatable bonds is 3. The first-order valence-electron chi connectivity index (χ1n) is 9.23. The largest absolute Gasteiger partial charge is 0.493 e. The normalized spacial score (nSPS) is 11.6. The molecule has 0 saturated heterocycles. The Morgan fingerprint density at radius 3 is 2.24 bits per heavy atom. The van der Waals surface area contributed by atoms with Gasteiger partial charge in [0.15, 0.2) is 11.5 Å². The van der Waals surface area contributed by atoms with Crippen molar-refractivity contribution in [3.8, 4) is 45.9 Å². The van der Waals surface area contributed by atoms with Crippen LogP contribution in [0.1, 0.15) is 22.3 Å². The molecule has 2 N–H and O–H groups in total. The first-order valence-corrected chi connectivity index (χ1v) is 9.23. The molecule has 0 amide bonds. The number of anilines is 1. The molecule has 5 heteroatoms. The Morgan fingerprint density at radius 1 is 0.862 bits per heavy atom. The van der Waals surface area contributed by atoms with Crippen LogP contribution >= 0.6 is 0 Å². The summed E-state index contributed by atoms with van der Waals surface area (Å²) in [6.07, 6.45) is 1.56. The van der Waals surface area contributed by atoms with Crippen LogP contribution in [0.5, 0.6) is 11.5 Å². The smallest absolute Gasteiger partial charge is 0.161 e. The Labute approximate surface area is 169 Å². The molecule has 3 aromatic carbocycles. The molecule has 142 valence electrons. The van der Waals surface area contributed by atoms with Gasteiger partial charge in [-0.1, -0.05) is 30.3 Å². The van der Waals surface area contributed by atoms with Gasteiger partial charge in [0.1, 0.15) is 12.1 Å². The molecule has 3 aromatic rings. The van der Waals surface area contributed by atoms with Gasteiger partial charge in [0.2, 0.25) is 0 Å². The number of benzene rings is 3. The van der Waals surface area contributed by atoms with Gasteiger partial charge >= 0.3 is 0 Å². The van der Waals surface area contributed by atoms with E-state index < -0.39 is 0 Å². The Balaban J connectivity index is 2.11. The molecule has 0 unspecified atom stereocenters. The highest BCUT2D eigenvalue weighted by molar-refractivity contribution is 5.94. The summed E-state index contributed by atoms with van der Waals surface area (Å²) in [5.41, 5.74) is 12.8. The standard InChI is InChI=1S/C24H19N3O2/c1-28-20-10-8-15(11-21(20)29-2)22-17-9-7-14-5-3-4-6-16(14)23(17)19(13-26)24(27)18(22)12-25/h3-6,8,10-11H,7,9,27H2,1-2H3. The number of hydrogen-bond acceptors (Lipinski definition) is 5. The minimum absolute atomic E-state index is 0.218. The van der Waals surface area contributed by atoms with Crippen molar-refractivity contribution in [1.82, 2.24) is 0 Å². The van der Waals surface area contributed by atoms with Crippen LogP contribution in [-0.4, -0.2) is 14.2 Å². The van der Waals surface area contributed by atoms with Crippen molar-refractivity contribution in [1.29, 1.82) is 10.5 Å². The second-order valence-corrected chi connectivity index (χ2v) is 6.84. The van der Waals surface area contributed by atoms with Crippen molar-refractivity contribution in [3.05, 3.63) is 64.7 Å². The Kier molecular flexibility index (Phi) is 4.58. The number of aryl methyl sites for hydroxylation is 1. The molecular formula is C24H19N3O2. The quantitative estimate of drug-likeness (QED) is 0.676. The predicted octanol–water partition coefficient (Wildman–Crippen LogP) is 4.46. The molecule has 0 radical (unpaired) electrons. The van der Waals surface area contributed by atoms with Crippen LogP contribution in [-0.2, 0) is 12.8 Å². The van der Waals surface area contributed by atoms with Crippen molar-refractivity contribution >= 4 is 5.69 Å². The third-order valence-corrected chi connectivity index (χ3v) is 5.47. The van der Waals surface area contributed by atoms with Gasteiger partial charge in [0.25, 0.3) is 0 Å². The monoisotopic (exact) mass is 381 g/mol. The fourth-order valence-corrected chi connectivity index (χ4v) is 4.15. The zero-order chi connectivity index (χ0) is 20.5. The summed E-state index contributed by atoms with van der Waals surface area (Å²) in [6, 6.07) is 18.1. The van der Waals surface area contributed by atoms with E-state index in [4.69, 9.17) is 15.2 Å². The van der Waals surface area contributed by atoms with E-state index in [1.807, 2.05) is 36.4 Å². The SMILES string of the molecule is COc1ccc(-c2c(C#N)c(N)c(C#N)c3c2CCc2ccccc2-3)cc1OC. The lowest BCUT2D eigenvalue weighted by molar-refractivity contribution is 0.355. The molecule has 0 aromatic heterocycles. The number of hydrogen-bond donors (Lipinski definition) is 1. The lowest BCUT2D eigenvalue weighted by Crippen LogP contribution is -2.12. The topological polar surface area (TPSA) is 92.1 Å². The maximum atomic E-state index is 9.91. The van der Waals surface area contributed by atoms with Gasteiger partial charge in [-0.3, -0.25) is 0 Å². The average Bonchev–Trinajstić information content (AvgIpc) is 2.77. The molecule has 0 heterocycles. The summed E-state index contributed by atoms with van der Waals surface area (Å²) in [5.74, 6) is 1.18. The molecule has 0 aliphatic heterocycles. The Morgan fingerprint density at radius 2 is 1.55 bits per heavy atom. The van der Waals surface area contributed by atoms with Crippen molar-refractivity contribution in [2.75, 3.05) is 20.0 Å². The predicted molar refractivity (Wildman–Crippen MR) is 112 cm³/mol. The highest BCUT2D eigenvalue weighted by Gasteiger charge is 2.28. The first kappa shape index (κ1) is 18.4. The number of nitriles is 2. The van der Waals surface area contributed by atoms with Gasteiger partial charge in [0.05, 0.1) is 31.0 Å². The van der Waals surface area contributed by atoms with Gasteiger partial charge in [-0.15, -0.1) is 0 Å². The fraction of sp³-hybridized carbons (Fsp3) is 0.167. The van der Waals surface area contributed by atoms with Crippen LogP contribution in [0.3, 0.4) is 0 Å². The zero-order valence-electron chi connectivity index (χ0n) is 16.2. The van der Waals surface area contributed by atoms with E-state index >= 15 is 0 Å². The van der Waals surface area contributed by atoms with Crippen LogP contribution in [0.15, 0.2) is 42.5 Å². The van der Waals surface area contributed by atoms with Crippen LogP contribution in [0.25, 0.3) is 22.3 Å². The van der Waals surface area contributed by atoms with Gasteiger partial charge in [-0.25, -0.2) is 0 Å². The number of nitrogens with zero attached hydrogens (tertiary/aromatic N) is 2. The molecule has 0 bridgehead atoms. The number of ether oxygens (including phenoxy) is 2. The summed E-state index contributed by atoms with van der Waals surface area (Å²) in [4.78, 5) is 0. The first-order chi connectivity index (χ1) is 14.1. The molecule has 4 rings (SSSR count). The highest BCUT2D eigenvalue weighted by Crippen LogP contribution is 2.46. The number of methoxy groups -OCH3 is 2. The second kappa shape index (κ2) is 7.22. The molecule has 0 fully saturated rings. The average molecular weight is 381 g/mol. The lowest BCUT2D eigenvalue weighted by Gasteiger charge is -2.26. The van der Waals surface area contributed by atoms with Crippen molar-refractivity contribution in [2.45, 2.75) is 12.8 Å². The maximum Gasteiger partial charge on any atom is 0.161 e. The summed E-state index contributed by atoms with van der Waals surface area (Å²) in [5, 5.41) is 19.8. The van der Waals surface area contributed by atoms with E-state index in [1.54, 1.807) is 14.2 Å². The van der Waals surface area contributed by atoms with E-state index in [0.29, 0.717) is 22.6 Å². The van der Waals surface area contributed by atoms with Crippen molar-refractivity contribution in [2.24, 2.45) is 0 Å². The van der Waals surface area contributed by atoms with E-state index in [9.17, 15) is 10.5 Å². The maximum absolute atomic E-state index is 9.91. The van der Waals surface area contributed by atoms with Crippen LogP contribution in [0.2, 0.25) is 0 Å². The molecule has 0 saturated carbocycles. The second-order valence-electron chi connectivity index (χ2n) is 6.84. The minimum atomic E-state index is 0.218. The molecule has 5 nitrogen and oxygen atoms in total. The van der Waals surface area contributed by atoms with Gasteiger partial charge < -0.3 is 15.2 Å². The summed E-state index contributed by atoms with van der Waals surface area (Å²) in [7, 11) is 3.16. The van der Waals surface area contributed by atoms with E-state index in [2.05, 4.69) is 18.2 Å². The third kappa shape index (κ3) is 2.76. The van der Waals surface area contributed by atoms with Crippen LogP contribution < -0.4 is 15.2 Å². The summed E-state index contributed by atoms with van der Waals surface area (Å²) in [6.45, 7) is 0. The molecular weight excluding hydrogens is 362 g/mol. The lowest BCUT2D eigenvalue weighted by atomic mass is 9.77. The molecule has 0 spiro atoms. The molecule has 0 atom stereocenters. The summed E-state index contributed by atoms with van der Waals surface area (Å²) >= 11 is 0. The molecule has 29 heavy (non-hydrogen) atoms. The number of fused-ring (bicyclic) bond motifs is 3. The molecule has 1 aliphatic carbocycles. The Hall–Kier alpha value is -3.96. The fourth-order valence-electron chi connectivity index (χ4n) is 4.15. The van der Waals surface area contributed by atoms with Crippen molar-refractivity contribution < 1.29 is 9.47 Å². The number of nitrogens with two attached hydrogens (primary N) is 1. The summed E-state index contributed by atoms with van der Waals surface area (Å²) < 4.78 is 10.8. The van der Waals surface area contributed by atoms with E-state index in [1.165, 1.54) is 5.56 Å².